The summed E-state index contributed by atoms with van der Waals surface area (Å²) in [5, 5.41) is 14.1. The highest BCUT2D eigenvalue weighted by molar-refractivity contribution is 6.31. The zero-order valence-electron chi connectivity index (χ0n) is 16.0. The molecule has 29 heavy (non-hydrogen) atoms. The molecule has 2 saturated carbocycles. The molecule has 6 heteroatoms. The summed E-state index contributed by atoms with van der Waals surface area (Å²) in [4.78, 5) is 13.2. The van der Waals surface area contributed by atoms with Gasteiger partial charge in [0.15, 0.2) is 0 Å². The van der Waals surface area contributed by atoms with Crippen LogP contribution in [-0.2, 0) is 0 Å². The van der Waals surface area contributed by atoms with E-state index in [9.17, 15) is 18.7 Å². The molecule has 1 unspecified atom stereocenters. The average Bonchev–Trinajstić information content (AvgIpc) is 3.56. The van der Waals surface area contributed by atoms with Gasteiger partial charge in [-0.05, 0) is 67.7 Å². The van der Waals surface area contributed by atoms with Crippen LogP contribution in [0.4, 0.5) is 8.78 Å². The topological polar surface area (TPSA) is 49.3 Å². The second-order valence-corrected chi connectivity index (χ2v) is 8.57. The van der Waals surface area contributed by atoms with Crippen LogP contribution in [0.5, 0.6) is 0 Å². The fourth-order valence-corrected chi connectivity index (χ4v) is 4.51. The van der Waals surface area contributed by atoms with Gasteiger partial charge in [0.1, 0.15) is 12.0 Å². The first kappa shape index (κ1) is 20.3. The maximum Gasteiger partial charge on any atom is 0.252 e. The summed E-state index contributed by atoms with van der Waals surface area (Å²) in [6.45, 7) is 0. The standard InChI is InChI=1S/C23H24ClF2NO2/c24-20-18(6-3-7-19(20)26)21(23(29)12-10-15(25)11-13-23)27-22(28)17-5-2-1-4-16(17)14-8-9-14/h1-7,14-15,21,29H,8-13H2,(H,27,28). The molecule has 0 bridgehead atoms. The minimum atomic E-state index is -1.40. The molecule has 0 heterocycles. The molecule has 0 radical (unpaired) electrons. The molecule has 2 fully saturated rings. The number of amides is 1. The number of alkyl halides is 1. The van der Waals surface area contributed by atoms with Crippen LogP contribution in [0.2, 0.25) is 5.02 Å². The Balaban J connectivity index is 1.69. The molecule has 1 amide bonds. The van der Waals surface area contributed by atoms with E-state index < -0.39 is 23.6 Å². The lowest BCUT2D eigenvalue weighted by molar-refractivity contribution is -0.0445. The smallest absolute Gasteiger partial charge is 0.252 e. The average molecular weight is 420 g/mol. The number of nitrogens with one attached hydrogen (secondary N) is 1. The third kappa shape index (κ3) is 4.17. The maximum atomic E-state index is 14.1. The van der Waals surface area contributed by atoms with Crippen molar-refractivity contribution < 1.29 is 18.7 Å². The summed E-state index contributed by atoms with van der Waals surface area (Å²) < 4.78 is 27.9. The van der Waals surface area contributed by atoms with Crippen LogP contribution < -0.4 is 5.32 Å². The normalized spacial score (nSPS) is 25.4. The van der Waals surface area contributed by atoms with Crippen LogP contribution in [0.15, 0.2) is 42.5 Å². The quantitative estimate of drug-likeness (QED) is 0.675. The lowest BCUT2D eigenvalue weighted by atomic mass is 9.76. The first-order valence-corrected chi connectivity index (χ1v) is 10.5. The Bertz CT molecular complexity index is 908. The molecule has 2 N–H and O–H groups in total. The van der Waals surface area contributed by atoms with Crippen molar-refractivity contribution in [3.05, 3.63) is 70.0 Å². The molecule has 154 valence electrons. The second-order valence-electron chi connectivity index (χ2n) is 8.19. The van der Waals surface area contributed by atoms with Crippen LogP contribution in [-0.4, -0.2) is 22.8 Å². The molecule has 0 aromatic heterocycles. The monoisotopic (exact) mass is 419 g/mol. The number of benzene rings is 2. The highest BCUT2D eigenvalue weighted by atomic mass is 35.5. The van der Waals surface area contributed by atoms with Crippen LogP contribution in [0.25, 0.3) is 0 Å². The fraction of sp³-hybridized carbons (Fsp3) is 0.435. The van der Waals surface area contributed by atoms with Crippen molar-refractivity contribution in [1.82, 2.24) is 5.32 Å². The number of halogens is 3. The predicted molar refractivity (Wildman–Crippen MR) is 108 cm³/mol. The van der Waals surface area contributed by atoms with Crippen LogP contribution in [0.3, 0.4) is 0 Å². The van der Waals surface area contributed by atoms with Gasteiger partial charge in [-0.3, -0.25) is 4.79 Å². The van der Waals surface area contributed by atoms with E-state index in [0.29, 0.717) is 17.0 Å². The first-order chi connectivity index (χ1) is 13.9. The van der Waals surface area contributed by atoms with Crippen molar-refractivity contribution in [2.45, 2.75) is 62.3 Å². The molecule has 1 atom stereocenters. The third-order valence-corrected chi connectivity index (χ3v) is 6.51. The fourth-order valence-electron chi connectivity index (χ4n) is 4.28. The summed E-state index contributed by atoms with van der Waals surface area (Å²) in [6, 6.07) is 10.8. The second kappa shape index (κ2) is 8.04. The molecule has 2 aromatic rings. The van der Waals surface area contributed by atoms with E-state index in [1.54, 1.807) is 18.2 Å². The lowest BCUT2D eigenvalue weighted by Gasteiger charge is -2.41. The number of carbonyl (C=O) groups is 1. The summed E-state index contributed by atoms with van der Waals surface area (Å²) >= 11 is 6.21. The number of hydrogen-bond donors (Lipinski definition) is 2. The highest BCUT2D eigenvalue weighted by Gasteiger charge is 2.43. The third-order valence-electron chi connectivity index (χ3n) is 6.11. The summed E-state index contributed by atoms with van der Waals surface area (Å²) in [5.41, 5.74) is 0.442. The van der Waals surface area contributed by atoms with E-state index in [-0.39, 0.29) is 36.6 Å². The number of hydrogen-bond acceptors (Lipinski definition) is 2. The zero-order chi connectivity index (χ0) is 20.6. The Morgan fingerprint density at radius 3 is 2.48 bits per heavy atom. The van der Waals surface area contributed by atoms with Gasteiger partial charge >= 0.3 is 0 Å². The maximum absolute atomic E-state index is 14.1. The van der Waals surface area contributed by atoms with Gasteiger partial charge in [-0.1, -0.05) is 41.9 Å². The molecule has 2 aliphatic rings. The van der Waals surface area contributed by atoms with Crippen molar-refractivity contribution in [1.29, 1.82) is 0 Å². The van der Waals surface area contributed by atoms with Crippen molar-refractivity contribution >= 4 is 17.5 Å². The van der Waals surface area contributed by atoms with Gasteiger partial charge < -0.3 is 10.4 Å². The molecule has 3 nitrogen and oxygen atoms in total. The first-order valence-electron chi connectivity index (χ1n) is 10.1. The summed E-state index contributed by atoms with van der Waals surface area (Å²) in [5.74, 6) is -0.587. The molecule has 0 saturated heterocycles. The Labute approximate surface area is 174 Å². The molecule has 4 rings (SSSR count). The van der Waals surface area contributed by atoms with E-state index in [2.05, 4.69) is 5.32 Å². The number of carbonyl (C=O) groups excluding carboxylic acids is 1. The van der Waals surface area contributed by atoms with Crippen LogP contribution >= 0.6 is 11.6 Å². The molecule has 0 spiro atoms. The summed E-state index contributed by atoms with van der Waals surface area (Å²) in [6.07, 6.45) is 1.82. The van der Waals surface area contributed by atoms with Gasteiger partial charge in [-0.15, -0.1) is 0 Å². The van der Waals surface area contributed by atoms with E-state index in [0.717, 1.165) is 18.4 Å². The lowest BCUT2D eigenvalue weighted by Crippen LogP contribution is -2.48. The van der Waals surface area contributed by atoms with Crippen molar-refractivity contribution in [2.24, 2.45) is 0 Å². The summed E-state index contributed by atoms with van der Waals surface area (Å²) in [7, 11) is 0. The number of aliphatic hydroxyl groups is 1. The predicted octanol–water partition coefficient (Wildman–Crippen LogP) is 5.47. The highest BCUT2D eigenvalue weighted by Crippen LogP contribution is 2.44. The molecule has 2 aromatic carbocycles. The van der Waals surface area contributed by atoms with Gasteiger partial charge in [0.25, 0.3) is 5.91 Å². The molecular weight excluding hydrogens is 396 g/mol. The van der Waals surface area contributed by atoms with Crippen molar-refractivity contribution in [3.8, 4) is 0 Å². The Kier molecular flexibility index (Phi) is 5.63. The van der Waals surface area contributed by atoms with Crippen molar-refractivity contribution in [3.63, 3.8) is 0 Å². The van der Waals surface area contributed by atoms with Crippen LogP contribution in [0.1, 0.15) is 72.0 Å². The Hall–Kier alpha value is -1.98. The van der Waals surface area contributed by atoms with Gasteiger partial charge in [0, 0.05) is 5.56 Å². The largest absolute Gasteiger partial charge is 0.387 e. The molecule has 0 aliphatic heterocycles. The SMILES string of the molecule is O=C(NC(c1cccc(F)c1Cl)C1(O)CCC(F)CC1)c1ccccc1C1CC1. The minimum Gasteiger partial charge on any atom is -0.387 e. The van der Waals surface area contributed by atoms with E-state index in [1.807, 2.05) is 12.1 Å². The van der Waals surface area contributed by atoms with Crippen molar-refractivity contribution in [2.75, 3.05) is 0 Å². The van der Waals surface area contributed by atoms with E-state index in [1.165, 1.54) is 12.1 Å². The van der Waals surface area contributed by atoms with E-state index in [4.69, 9.17) is 11.6 Å². The molecule has 2 aliphatic carbocycles. The zero-order valence-corrected chi connectivity index (χ0v) is 16.8. The van der Waals surface area contributed by atoms with Gasteiger partial charge in [-0.25, -0.2) is 8.78 Å². The van der Waals surface area contributed by atoms with Gasteiger partial charge in [0.05, 0.1) is 16.7 Å². The van der Waals surface area contributed by atoms with Gasteiger partial charge in [0.2, 0.25) is 0 Å². The molecular formula is C23H24ClF2NO2. The Morgan fingerprint density at radius 2 is 1.79 bits per heavy atom. The van der Waals surface area contributed by atoms with Gasteiger partial charge in [-0.2, -0.15) is 0 Å². The van der Waals surface area contributed by atoms with Crippen LogP contribution in [0, 0.1) is 5.82 Å². The minimum absolute atomic E-state index is 0.135. The Morgan fingerprint density at radius 1 is 1.10 bits per heavy atom. The van der Waals surface area contributed by atoms with E-state index >= 15 is 0 Å². The number of rotatable bonds is 5.